The lowest BCUT2D eigenvalue weighted by molar-refractivity contribution is 0.485. The van der Waals surface area contributed by atoms with Crippen molar-refractivity contribution in [1.82, 2.24) is 5.32 Å². The quantitative estimate of drug-likeness (QED) is 0.805. The van der Waals surface area contributed by atoms with Crippen molar-refractivity contribution in [3.05, 3.63) is 46.8 Å². The van der Waals surface area contributed by atoms with Gasteiger partial charge in [-0.15, -0.1) is 0 Å². The number of nitrogens with one attached hydrogen (secondary N) is 1. The van der Waals surface area contributed by atoms with Gasteiger partial charge in [-0.2, -0.15) is 0 Å². The second-order valence-corrected chi connectivity index (χ2v) is 4.45. The summed E-state index contributed by atoms with van der Waals surface area (Å²) in [7, 11) is 0. The van der Waals surface area contributed by atoms with E-state index in [2.05, 4.69) is 5.32 Å². The van der Waals surface area contributed by atoms with Crippen molar-refractivity contribution in [1.29, 1.82) is 0 Å². The third-order valence-corrected chi connectivity index (χ3v) is 3.19. The Hall–Kier alpha value is -1.29. The lowest BCUT2D eigenvalue weighted by Crippen LogP contribution is -2.24. The Bertz CT molecular complexity index is 445. The highest BCUT2D eigenvalue weighted by atomic mass is 19.1. The molecule has 0 saturated heterocycles. The van der Waals surface area contributed by atoms with Crippen LogP contribution >= 0.6 is 0 Å². The standard InChI is InChI=1S/C14H16F3N/c1-2-18-14(9-5-3-4-6-9)13-11(16)7-10(15)8-12(13)17/h5,7-8,14,18H,2-4,6H2,1H3. The molecule has 0 spiro atoms. The first-order chi connectivity index (χ1) is 8.63. The first-order valence-corrected chi connectivity index (χ1v) is 6.20. The molecular weight excluding hydrogens is 239 g/mol. The predicted octanol–water partition coefficient (Wildman–Crippen LogP) is 3.86. The first kappa shape index (κ1) is 13.1. The molecule has 1 N–H and O–H groups in total. The minimum absolute atomic E-state index is 0.0774. The van der Waals surface area contributed by atoms with E-state index in [1.165, 1.54) is 0 Å². The molecule has 0 amide bonds. The van der Waals surface area contributed by atoms with Crippen LogP contribution in [0.25, 0.3) is 0 Å². The highest BCUT2D eigenvalue weighted by Crippen LogP contribution is 2.33. The van der Waals surface area contributed by atoms with Crippen molar-refractivity contribution in [2.45, 2.75) is 32.2 Å². The molecule has 1 nitrogen and oxygen atoms in total. The Labute approximate surface area is 105 Å². The molecule has 4 heteroatoms. The van der Waals surface area contributed by atoms with Crippen molar-refractivity contribution >= 4 is 0 Å². The van der Waals surface area contributed by atoms with Gasteiger partial charge in [-0.05, 0) is 25.8 Å². The predicted molar refractivity (Wildman–Crippen MR) is 64.7 cm³/mol. The highest BCUT2D eigenvalue weighted by Gasteiger charge is 2.25. The summed E-state index contributed by atoms with van der Waals surface area (Å²) >= 11 is 0. The summed E-state index contributed by atoms with van der Waals surface area (Å²) in [6.07, 6.45) is 4.77. The monoisotopic (exact) mass is 255 g/mol. The van der Waals surface area contributed by atoms with E-state index in [1.54, 1.807) is 0 Å². The van der Waals surface area contributed by atoms with Gasteiger partial charge in [0.1, 0.15) is 17.5 Å². The number of rotatable bonds is 4. The van der Waals surface area contributed by atoms with E-state index >= 15 is 0 Å². The number of halogens is 3. The maximum Gasteiger partial charge on any atom is 0.134 e. The van der Waals surface area contributed by atoms with Gasteiger partial charge in [0.2, 0.25) is 0 Å². The Balaban J connectivity index is 2.42. The van der Waals surface area contributed by atoms with Gasteiger partial charge in [0.25, 0.3) is 0 Å². The molecule has 2 rings (SSSR count). The van der Waals surface area contributed by atoms with Crippen LogP contribution in [0.4, 0.5) is 13.2 Å². The van der Waals surface area contributed by atoms with Gasteiger partial charge in [0.15, 0.2) is 0 Å². The molecule has 0 heterocycles. The molecule has 18 heavy (non-hydrogen) atoms. The van der Waals surface area contributed by atoms with Gasteiger partial charge in [0, 0.05) is 17.7 Å². The largest absolute Gasteiger partial charge is 0.307 e. The Kier molecular flexibility index (Phi) is 4.07. The van der Waals surface area contributed by atoms with Gasteiger partial charge in [0.05, 0.1) is 6.04 Å². The fraction of sp³-hybridized carbons (Fsp3) is 0.429. The molecule has 1 unspecified atom stereocenters. The fourth-order valence-corrected chi connectivity index (χ4v) is 2.41. The maximum absolute atomic E-state index is 13.8. The zero-order valence-electron chi connectivity index (χ0n) is 10.3. The average Bonchev–Trinajstić information content (AvgIpc) is 2.79. The molecule has 1 aliphatic rings. The number of hydrogen-bond donors (Lipinski definition) is 1. The molecule has 0 fully saturated rings. The number of likely N-dealkylation sites (N-methyl/N-ethyl adjacent to an activating group) is 1. The minimum atomic E-state index is -0.885. The molecule has 0 aromatic heterocycles. The van der Waals surface area contributed by atoms with Crippen molar-refractivity contribution in [3.63, 3.8) is 0 Å². The minimum Gasteiger partial charge on any atom is -0.307 e. The lowest BCUT2D eigenvalue weighted by Gasteiger charge is -2.21. The molecule has 1 aromatic carbocycles. The molecule has 98 valence electrons. The van der Waals surface area contributed by atoms with Gasteiger partial charge in [-0.3, -0.25) is 0 Å². The SMILES string of the molecule is CCNC(C1=CCCC1)c1c(F)cc(F)cc1F. The smallest absolute Gasteiger partial charge is 0.134 e. The Morgan fingerprint density at radius 1 is 1.22 bits per heavy atom. The number of allylic oxidation sites excluding steroid dienone is 1. The second-order valence-electron chi connectivity index (χ2n) is 4.45. The number of hydrogen-bond acceptors (Lipinski definition) is 1. The van der Waals surface area contributed by atoms with E-state index in [-0.39, 0.29) is 5.56 Å². The van der Waals surface area contributed by atoms with Crippen molar-refractivity contribution in [2.75, 3.05) is 6.54 Å². The Morgan fingerprint density at radius 3 is 2.39 bits per heavy atom. The van der Waals surface area contributed by atoms with Crippen molar-refractivity contribution in [3.8, 4) is 0 Å². The van der Waals surface area contributed by atoms with E-state index < -0.39 is 23.5 Å². The van der Waals surface area contributed by atoms with Gasteiger partial charge < -0.3 is 5.32 Å². The van der Waals surface area contributed by atoms with Gasteiger partial charge in [-0.1, -0.05) is 18.6 Å². The van der Waals surface area contributed by atoms with Gasteiger partial charge >= 0.3 is 0 Å². The van der Waals surface area contributed by atoms with Crippen LogP contribution in [0.3, 0.4) is 0 Å². The summed E-state index contributed by atoms with van der Waals surface area (Å²) in [5, 5.41) is 3.07. The molecular formula is C14H16F3N. The third-order valence-electron chi connectivity index (χ3n) is 3.19. The highest BCUT2D eigenvalue weighted by molar-refractivity contribution is 5.32. The first-order valence-electron chi connectivity index (χ1n) is 6.20. The van der Waals surface area contributed by atoms with E-state index in [4.69, 9.17) is 0 Å². The fourth-order valence-electron chi connectivity index (χ4n) is 2.41. The van der Waals surface area contributed by atoms with E-state index in [0.717, 1.165) is 37.0 Å². The second kappa shape index (κ2) is 5.57. The zero-order valence-corrected chi connectivity index (χ0v) is 10.3. The summed E-state index contributed by atoms with van der Waals surface area (Å²) in [6.45, 7) is 2.47. The summed E-state index contributed by atoms with van der Waals surface area (Å²) in [6, 6.07) is 0.981. The van der Waals surface area contributed by atoms with Crippen LogP contribution in [-0.2, 0) is 0 Å². The summed E-state index contributed by atoms with van der Waals surface area (Å²) in [5.41, 5.74) is 0.910. The van der Waals surface area contributed by atoms with Gasteiger partial charge in [-0.25, -0.2) is 13.2 Å². The van der Waals surface area contributed by atoms with Crippen LogP contribution in [0.15, 0.2) is 23.8 Å². The van der Waals surface area contributed by atoms with E-state index in [9.17, 15) is 13.2 Å². The van der Waals surface area contributed by atoms with Crippen LogP contribution in [0.5, 0.6) is 0 Å². The molecule has 1 aliphatic carbocycles. The molecule has 0 bridgehead atoms. The molecule has 1 aromatic rings. The lowest BCUT2D eigenvalue weighted by atomic mass is 9.97. The summed E-state index contributed by atoms with van der Waals surface area (Å²) < 4.78 is 40.5. The van der Waals surface area contributed by atoms with E-state index in [1.807, 2.05) is 13.0 Å². The zero-order chi connectivity index (χ0) is 13.1. The molecule has 1 atom stereocenters. The van der Waals surface area contributed by atoms with Crippen molar-refractivity contribution in [2.24, 2.45) is 0 Å². The molecule has 0 aliphatic heterocycles. The molecule has 0 saturated carbocycles. The summed E-state index contributed by atoms with van der Waals surface area (Å²) in [5.74, 6) is -2.54. The topological polar surface area (TPSA) is 12.0 Å². The number of benzene rings is 1. The van der Waals surface area contributed by atoms with Crippen LogP contribution in [0, 0.1) is 17.5 Å². The maximum atomic E-state index is 13.8. The third kappa shape index (κ3) is 2.58. The van der Waals surface area contributed by atoms with E-state index in [0.29, 0.717) is 6.54 Å². The summed E-state index contributed by atoms with van der Waals surface area (Å²) in [4.78, 5) is 0. The van der Waals surface area contributed by atoms with Crippen LogP contribution < -0.4 is 5.32 Å². The van der Waals surface area contributed by atoms with Crippen LogP contribution in [-0.4, -0.2) is 6.54 Å². The molecule has 0 radical (unpaired) electrons. The van der Waals surface area contributed by atoms with Crippen molar-refractivity contribution < 1.29 is 13.2 Å². The average molecular weight is 255 g/mol. The Morgan fingerprint density at radius 2 is 1.89 bits per heavy atom. The van der Waals surface area contributed by atoms with Crippen LogP contribution in [0.1, 0.15) is 37.8 Å². The normalized spacial score (nSPS) is 16.8. The van der Waals surface area contributed by atoms with Crippen LogP contribution in [0.2, 0.25) is 0 Å².